The number of benzene rings is 1. The van der Waals surface area contributed by atoms with Crippen LogP contribution in [0, 0.1) is 13.8 Å². The fourth-order valence-corrected chi connectivity index (χ4v) is 2.36. The van der Waals surface area contributed by atoms with E-state index in [0.717, 1.165) is 32.8 Å². The lowest BCUT2D eigenvalue weighted by atomic mass is 10.0. The van der Waals surface area contributed by atoms with Crippen LogP contribution in [0.4, 0.5) is 0 Å². The normalized spacial score (nSPS) is 21.2. The summed E-state index contributed by atoms with van der Waals surface area (Å²) < 4.78 is 5.74. The summed E-state index contributed by atoms with van der Waals surface area (Å²) in [5, 5.41) is 3.51. The number of rotatable bonds is 4. The lowest BCUT2D eigenvalue weighted by molar-refractivity contribution is -0.0182. The summed E-state index contributed by atoms with van der Waals surface area (Å²) in [5.41, 5.74) is 4.15. The van der Waals surface area contributed by atoms with Gasteiger partial charge in [0.15, 0.2) is 0 Å². The van der Waals surface area contributed by atoms with Gasteiger partial charge in [0.2, 0.25) is 0 Å². The molecule has 1 aromatic rings. The van der Waals surface area contributed by atoms with Gasteiger partial charge in [-0.15, -0.1) is 0 Å². The molecule has 0 bridgehead atoms. The summed E-state index contributed by atoms with van der Waals surface area (Å²) >= 11 is 0. The van der Waals surface area contributed by atoms with E-state index >= 15 is 0 Å². The molecule has 0 saturated carbocycles. The van der Waals surface area contributed by atoms with E-state index < -0.39 is 0 Å². The standard InChI is InChI=1S/C15H24N2O/c1-12-5-4-6-14(13(12)2)9-16-10-15-11-17(3)7-8-18-15/h4-6,15-16H,7-11H2,1-3H3/t15-/m1/s1. The first-order valence-electron chi connectivity index (χ1n) is 6.73. The van der Waals surface area contributed by atoms with Gasteiger partial charge in [0.25, 0.3) is 0 Å². The van der Waals surface area contributed by atoms with Crippen LogP contribution in [0.1, 0.15) is 16.7 Å². The van der Waals surface area contributed by atoms with Crippen LogP contribution in [-0.2, 0) is 11.3 Å². The Labute approximate surface area is 110 Å². The van der Waals surface area contributed by atoms with E-state index in [1.165, 1.54) is 16.7 Å². The summed E-state index contributed by atoms with van der Waals surface area (Å²) in [5.74, 6) is 0. The Balaban J connectivity index is 1.79. The molecule has 1 aliphatic rings. The van der Waals surface area contributed by atoms with Gasteiger partial charge in [-0.2, -0.15) is 0 Å². The minimum atomic E-state index is 0.328. The number of hydrogen-bond donors (Lipinski definition) is 1. The molecule has 0 aromatic heterocycles. The van der Waals surface area contributed by atoms with Gasteiger partial charge >= 0.3 is 0 Å². The van der Waals surface area contributed by atoms with E-state index in [2.05, 4.69) is 49.3 Å². The molecule has 0 unspecified atom stereocenters. The summed E-state index contributed by atoms with van der Waals surface area (Å²) in [7, 11) is 2.15. The molecule has 0 aliphatic carbocycles. The van der Waals surface area contributed by atoms with Crippen molar-refractivity contribution in [2.75, 3.05) is 33.3 Å². The fourth-order valence-electron chi connectivity index (χ4n) is 2.36. The molecule has 1 heterocycles. The third kappa shape index (κ3) is 3.55. The van der Waals surface area contributed by atoms with Crippen LogP contribution in [0.15, 0.2) is 18.2 Å². The predicted molar refractivity (Wildman–Crippen MR) is 74.9 cm³/mol. The average Bonchev–Trinajstić information content (AvgIpc) is 2.35. The quantitative estimate of drug-likeness (QED) is 0.878. The first-order chi connectivity index (χ1) is 8.66. The van der Waals surface area contributed by atoms with Crippen molar-refractivity contribution < 1.29 is 4.74 Å². The highest BCUT2D eigenvalue weighted by Gasteiger charge is 2.16. The molecular formula is C15H24N2O. The summed E-state index contributed by atoms with van der Waals surface area (Å²) in [6.07, 6.45) is 0.328. The molecule has 0 amide bonds. The molecule has 3 nitrogen and oxygen atoms in total. The van der Waals surface area contributed by atoms with Gasteiger partial charge in [0, 0.05) is 26.2 Å². The number of hydrogen-bond acceptors (Lipinski definition) is 3. The van der Waals surface area contributed by atoms with Crippen molar-refractivity contribution in [3.63, 3.8) is 0 Å². The Hall–Kier alpha value is -0.900. The van der Waals surface area contributed by atoms with Crippen molar-refractivity contribution in [1.29, 1.82) is 0 Å². The zero-order chi connectivity index (χ0) is 13.0. The SMILES string of the molecule is Cc1cccc(CNC[C@@H]2CN(C)CCO2)c1C. The van der Waals surface area contributed by atoms with Crippen LogP contribution in [0.25, 0.3) is 0 Å². The smallest absolute Gasteiger partial charge is 0.0826 e. The Kier molecular flexibility index (Phi) is 4.75. The summed E-state index contributed by atoms with van der Waals surface area (Å²) in [4.78, 5) is 2.33. The van der Waals surface area contributed by atoms with E-state index in [-0.39, 0.29) is 0 Å². The Morgan fingerprint density at radius 2 is 2.22 bits per heavy atom. The molecule has 1 N–H and O–H groups in total. The average molecular weight is 248 g/mol. The zero-order valence-corrected chi connectivity index (χ0v) is 11.7. The van der Waals surface area contributed by atoms with Gasteiger partial charge < -0.3 is 15.0 Å². The molecule has 0 radical (unpaired) electrons. The van der Waals surface area contributed by atoms with Crippen molar-refractivity contribution in [1.82, 2.24) is 10.2 Å². The van der Waals surface area contributed by atoms with E-state index in [4.69, 9.17) is 4.74 Å². The zero-order valence-electron chi connectivity index (χ0n) is 11.7. The van der Waals surface area contributed by atoms with Gasteiger partial charge in [0.1, 0.15) is 0 Å². The van der Waals surface area contributed by atoms with E-state index in [1.54, 1.807) is 0 Å². The van der Waals surface area contributed by atoms with Crippen molar-refractivity contribution in [3.8, 4) is 0 Å². The van der Waals surface area contributed by atoms with Crippen LogP contribution < -0.4 is 5.32 Å². The van der Waals surface area contributed by atoms with E-state index in [9.17, 15) is 0 Å². The number of morpholine rings is 1. The van der Waals surface area contributed by atoms with Gasteiger partial charge in [-0.3, -0.25) is 0 Å². The lowest BCUT2D eigenvalue weighted by Crippen LogP contribution is -2.44. The highest BCUT2D eigenvalue weighted by Crippen LogP contribution is 2.12. The molecular weight excluding hydrogens is 224 g/mol. The highest BCUT2D eigenvalue weighted by atomic mass is 16.5. The summed E-state index contributed by atoms with van der Waals surface area (Å²) in [6, 6.07) is 6.49. The van der Waals surface area contributed by atoms with Crippen LogP contribution in [0.5, 0.6) is 0 Å². The van der Waals surface area contributed by atoms with Crippen molar-refractivity contribution in [2.24, 2.45) is 0 Å². The Morgan fingerprint density at radius 1 is 1.39 bits per heavy atom. The lowest BCUT2D eigenvalue weighted by Gasteiger charge is -2.30. The molecule has 2 rings (SSSR count). The molecule has 0 spiro atoms. The van der Waals surface area contributed by atoms with Gasteiger partial charge in [-0.05, 0) is 37.6 Å². The second-order valence-electron chi connectivity index (χ2n) is 5.24. The maximum absolute atomic E-state index is 5.74. The number of aryl methyl sites for hydroxylation is 1. The fraction of sp³-hybridized carbons (Fsp3) is 0.600. The minimum Gasteiger partial charge on any atom is -0.374 e. The molecule has 18 heavy (non-hydrogen) atoms. The first-order valence-corrected chi connectivity index (χ1v) is 6.73. The molecule has 1 fully saturated rings. The van der Waals surface area contributed by atoms with Gasteiger partial charge in [-0.1, -0.05) is 18.2 Å². The molecule has 3 heteroatoms. The number of ether oxygens (including phenoxy) is 1. The van der Waals surface area contributed by atoms with Crippen LogP contribution in [-0.4, -0.2) is 44.3 Å². The highest BCUT2D eigenvalue weighted by molar-refractivity contribution is 5.32. The largest absolute Gasteiger partial charge is 0.374 e. The van der Waals surface area contributed by atoms with Crippen LogP contribution in [0.3, 0.4) is 0 Å². The monoisotopic (exact) mass is 248 g/mol. The number of nitrogens with one attached hydrogen (secondary N) is 1. The van der Waals surface area contributed by atoms with Crippen LogP contribution in [0.2, 0.25) is 0 Å². The van der Waals surface area contributed by atoms with Crippen molar-refractivity contribution in [2.45, 2.75) is 26.5 Å². The van der Waals surface area contributed by atoms with Gasteiger partial charge in [0.05, 0.1) is 12.7 Å². The first kappa shape index (κ1) is 13.5. The van der Waals surface area contributed by atoms with E-state index in [1.807, 2.05) is 0 Å². The molecule has 1 atom stereocenters. The summed E-state index contributed by atoms with van der Waals surface area (Å²) in [6.45, 7) is 9.14. The maximum atomic E-state index is 5.74. The Morgan fingerprint density at radius 3 is 3.00 bits per heavy atom. The second kappa shape index (κ2) is 6.32. The van der Waals surface area contributed by atoms with Crippen molar-refractivity contribution in [3.05, 3.63) is 34.9 Å². The molecule has 1 aromatic carbocycles. The minimum absolute atomic E-state index is 0.328. The number of nitrogens with zero attached hydrogens (tertiary/aromatic N) is 1. The third-order valence-electron chi connectivity index (χ3n) is 3.75. The third-order valence-corrected chi connectivity index (χ3v) is 3.75. The van der Waals surface area contributed by atoms with Crippen LogP contribution >= 0.6 is 0 Å². The topological polar surface area (TPSA) is 24.5 Å². The predicted octanol–water partition coefficient (Wildman–Crippen LogP) is 1.72. The van der Waals surface area contributed by atoms with E-state index in [0.29, 0.717) is 6.10 Å². The Bertz CT molecular complexity index is 392. The van der Waals surface area contributed by atoms with Gasteiger partial charge in [-0.25, -0.2) is 0 Å². The van der Waals surface area contributed by atoms with Crippen molar-refractivity contribution >= 4 is 0 Å². The molecule has 100 valence electrons. The molecule has 1 aliphatic heterocycles. The number of likely N-dealkylation sites (N-methyl/N-ethyl adjacent to an activating group) is 1. The second-order valence-corrected chi connectivity index (χ2v) is 5.24. The maximum Gasteiger partial charge on any atom is 0.0826 e. The molecule has 1 saturated heterocycles.